The highest BCUT2D eigenvalue weighted by Crippen LogP contribution is 2.36. The summed E-state index contributed by atoms with van der Waals surface area (Å²) in [4.78, 5) is 13.9. The summed E-state index contributed by atoms with van der Waals surface area (Å²) in [5, 5.41) is 3.02. The molecule has 5 nitrogen and oxygen atoms in total. The van der Waals surface area contributed by atoms with Crippen molar-refractivity contribution < 1.29 is 13.2 Å². The zero-order valence-corrected chi connectivity index (χ0v) is 14.4. The molecule has 2 amide bonds. The molecule has 0 radical (unpaired) electrons. The number of rotatable bonds is 2. The van der Waals surface area contributed by atoms with Crippen molar-refractivity contribution in [3.63, 3.8) is 0 Å². The van der Waals surface area contributed by atoms with E-state index in [1.807, 2.05) is 0 Å². The molecule has 1 heterocycles. The maximum atomic E-state index is 12.3. The van der Waals surface area contributed by atoms with Crippen LogP contribution in [0.2, 0.25) is 0 Å². The number of carbonyl (C=O) groups excluding carboxylic acids is 1. The van der Waals surface area contributed by atoms with Crippen molar-refractivity contribution in [1.29, 1.82) is 0 Å². The van der Waals surface area contributed by atoms with E-state index in [2.05, 4.69) is 36.5 Å². The lowest BCUT2D eigenvalue weighted by molar-refractivity contribution is 0.198. The summed E-state index contributed by atoms with van der Waals surface area (Å²) in [5.41, 5.74) is 2.65. The Hall–Kier alpha value is -1.56. The second kappa shape index (κ2) is 6.15. The van der Waals surface area contributed by atoms with Crippen molar-refractivity contribution in [2.24, 2.45) is 0 Å². The molecule has 1 saturated heterocycles. The van der Waals surface area contributed by atoms with Gasteiger partial charge in [0.1, 0.15) is 0 Å². The third-order valence-electron chi connectivity index (χ3n) is 5.10. The Morgan fingerprint density at radius 1 is 1.26 bits per heavy atom. The maximum Gasteiger partial charge on any atom is 0.317 e. The topological polar surface area (TPSA) is 66.5 Å². The highest BCUT2D eigenvalue weighted by Gasteiger charge is 2.33. The molecule has 126 valence electrons. The highest BCUT2D eigenvalue weighted by atomic mass is 32.2. The molecular formula is C17H24N2O3S. The van der Waals surface area contributed by atoms with E-state index in [-0.39, 0.29) is 23.0 Å². The van der Waals surface area contributed by atoms with Gasteiger partial charge in [0.15, 0.2) is 9.84 Å². The fourth-order valence-electron chi connectivity index (χ4n) is 3.61. The first-order valence-corrected chi connectivity index (χ1v) is 10.0. The van der Waals surface area contributed by atoms with Gasteiger partial charge in [-0.05, 0) is 30.4 Å². The zero-order valence-electron chi connectivity index (χ0n) is 13.5. The van der Waals surface area contributed by atoms with Crippen LogP contribution in [0.1, 0.15) is 30.9 Å². The second-order valence-electron chi connectivity index (χ2n) is 6.87. The second-order valence-corrected chi connectivity index (χ2v) is 9.17. The molecule has 0 saturated carbocycles. The average molecular weight is 336 g/mol. The van der Waals surface area contributed by atoms with Gasteiger partial charge in [0.2, 0.25) is 0 Å². The Kier molecular flexibility index (Phi) is 4.36. The van der Waals surface area contributed by atoms with Crippen molar-refractivity contribution in [2.75, 3.05) is 31.1 Å². The van der Waals surface area contributed by atoms with Gasteiger partial charge in [0.25, 0.3) is 0 Å². The number of fused-ring (bicyclic) bond motifs is 1. The largest absolute Gasteiger partial charge is 0.337 e. The van der Waals surface area contributed by atoms with Crippen LogP contribution in [0.25, 0.3) is 0 Å². The van der Waals surface area contributed by atoms with Crippen molar-refractivity contribution in [3.8, 4) is 0 Å². The van der Waals surface area contributed by atoms with Crippen LogP contribution in [0.5, 0.6) is 0 Å². The summed E-state index contributed by atoms with van der Waals surface area (Å²) in [6.07, 6.45) is 3.29. The SMILES string of the molecule is C[C@@]1(CNC(=O)N2CCS(=O)(=O)CC2)CCCc2ccccc21. The van der Waals surface area contributed by atoms with Gasteiger partial charge in [-0.1, -0.05) is 31.2 Å². The van der Waals surface area contributed by atoms with Crippen LogP contribution >= 0.6 is 0 Å². The van der Waals surface area contributed by atoms with E-state index in [4.69, 9.17) is 0 Å². The number of aryl methyl sites for hydroxylation is 1. The summed E-state index contributed by atoms with van der Waals surface area (Å²) in [7, 11) is -2.96. The molecule has 3 rings (SSSR count). The predicted molar refractivity (Wildman–Crippen MR) is 90.4 cm³/mol. The number of nitrogens with one attached hydrogen (secondary N) is 1. The maximum absolute atomic E-state index is 12.3. The Bertz CT molecular complexity index is 688. The Morgan fingerprint density at radius 2 is 1.96 bits per heavy atom. The van der Waals surface area contributed by atoms with E-state index in [1.54, 1.807) is 4.90 Å². The molecule has 1 aromatic carbocycles. The Morgan fingerprint density at radius 3 is 2.70 bits per heavy atom. The van der Waals surface area contributed by atoms with E-state index in [9.17, 15) is 13.2 Å². The Balaban J connectivity index is 1.63. The number of sulfone groups is 1. The normalized spacial score (nSPS) is 26.4. The molecule has 0 bridgehead atoms. The van der Waals surface area contributed by atoms with Gasteiger partial charge in [-0.2, -0.15) is 0 Å². The van der Waals surface area contributed by atoms with E-state index in [0.29, 0.717) is 19.6 Å². The van der Waals surface area contributed by atoms with E-state index in [0.717, 1.165) is 19.3 Å². The molecule has 2 aliphatic rings. The molecule has 0 unspecified atom stereocenters. The van der Waals surface area contributed by atoms with E-state index >= 15 is 0 Å². The first kappa shape index (κ1) is 16.3. The zero-order chi connectivity index (χ0) is 16.5. The molecular weight excluding hydrogens is 312 g/mol. The van der Waals surface area contributed by atoms with Gasteiger partial charge in [-0.3, -0.25) is 0 Å². The molecule has 1 aliphatic carbocycles. The van der Waals surface area contributed by atoms with Gasteiger partial charge in [-0.15, -0.1) is 0 Å². The summed E-state index contributed by atoms with van der Waals surface area (Å²) < 4.78 is 22.9. The first-order chi connectivity index (χ1) is 10.9. The summed E-state index contributed by atoms with van der Waals surface area (Å²) >= 11 is 0. The fraction of sp³-hybridized carbons (Fsp3) is 0.588. The van der Waals surface area contributed by atoms with Gasteiger partial charge in [0.05, 0.1) is 11.5 Å². The highest BCUT2D eigenvalue weighted by molar-refractivity contribution is 7.91. The smallest absolute Gasteiger partial charge is 0.317 e. The van der Waals surface area contributed by atoms with Crippen molar-refractivity contribution in [3.05, 3.63) is 35.4 Å². The lowest BCUT2D eigenvalue weighted by Crippen LogP contribution is -2.51. The Labute approximate surface area is 138 Å². The number of benzene rings is 1. The third-order valence-corrected chi connectivity index (χ3v) is 6.71. The van der Waals surface area contributed by atoms with Crippen molar-refractivity contribution in [1.82, 2.24) is 10.2 Å². The molecule has 23 heavy (non-hydrogen) atoms. The van der Waals surface area contributed by atoms with Crippen molar-refractivity contribution >= 4 is 15.9 Å². The molecule has 1 N–H and O–H groups in total. The number of carbonyl (C=O) groups is 1. The minimum atomic E-state index is -2.96. The number of amides is 2. The summed E-state index contributed by atoms with van der Waals surface area (Å²) in [6, 6.07) is 8.30. The molecule has 0 aromatic heterocycles. The fourth-order valence-corrected chi connectivity index (χ4v) is 4.81. The summed E-state index contributed by atoms with van der Waals surface area (Å²) in [5.74, 6) is 0.140. The third kappa shape index (κ3) is 3.52. The van der Waals surface area contributed by atoms with E-state index in [1.165, 1.54) is 11.1 Å². The van der Waals surface area contributed by atoms with Gasteiger partial charge >= 0.3 is 6.03 Å². The predicted octanol–water partition coefficient (Wildman–Crippen LogP) is 1.72. The summed E-state index contributed by atoms with van der Waals surface area (Å²) in [6.45, 7) is 3.38. The van der Waals surface area contributed by atoms with Crippen LogP contribution in [0.15, 0.2) is 24.3 Å². The lowest BCUT2D eigenvalue weighted by atomic mass is 9.71. The van der Waals surface area contributed by atoms with Crippen molar-refractivity contribution in [2.45, 2.75) is 31.6 Å². The number of hydrogen-bond acceptors (Lipinski definition) is 3. The standard InChI is InChI=1S/C17H24N2O3S/c1-17(8-4-6-14-5-2-3-7-15(14)17)13-18-16(20)19-9-11-23(21,22)12-10-19/h2-3,5,7H,4,6,8-13H2,1H3,(H,18,20)/t17-/m0/s1. The van der Waals surface area contributed by atoms with Gasteiger partial charge in [-0.25, -0.2) is 13.2 Å². The quantitative estimate of drug-likeness (QED) is 0.894. The van der Waals surface area contributed by atoms with Crippen LogP contribution < -0.4 is 5.32 Å². The number of urea groups is 1. The van der Waals surface area contributed by atoms with Gasteiger partial charge in [0, 0.05) is 25.0 Å². The molecule has 1 aromatic rings. The first-order valence-electron chi connectivity index (χ1n) is 8.21. The number of nitrogens with zero attached hydrogens (tertiary/aromatic N) is 1. The molecule has 1 aliphatic heterocycles. The van der Waals surface area contributed by atoms with Crippen LogP contribution in [-0.4, -0.2) is 50.5 Å². The molecule has 6 heteroatoms. The monoisotopic (exact) mass is 336 g/mol. The van der Waals surface area contributed by atoms with Gasteiger partial charge < -0.3 is 10.2 Å². The van der Waals surface area contributed by atoms with E-state index < -0.39 is 9.84 Å². The van der Waals surface area contributed by atoms with Crippen LogP contribution in [-0.2, 0) is 21.7 Å². The van der Waals surface area contributed by atoms with Crippen LogP contribution in [0.3, 0.4) is 0 Å². The molecule has 1 fully saturated rings. The molecule has 1 atom stereocenters. The minimum Gasteiger partial charge on any atom is -0.337 e. The number of hydrogen-bond donors (Lipinski definition) is 1. The lowest BCUT2D eigenvalue weighted by Gasteiger charge is -2.37. The molecule has 0 spiro atoms. The average Bonchev–Trinajstić information content (AvgIpc) is 2.53. The van der Waals surface area contributed by atoms with Crippen LogP contribution in [0.4, 0.5) is 4.79 Å². The minimum absolute atomic E-state index is 0.0492. The van der Waals surface area contributed by atoms with Crippen LogP contribution in [0, 0.1) is 0 Å².